The number of hydrogen-bond acceptors (Lipinski definition) is 1. The van der Waals surface area contributed by atoms with Crippen molar-refractivity contribution in [3.05, 3.63) is 36.4 Å². The molecule has 0 fully saturated rings. The molecule has 0 spiro atoms. The summed E-state index contributed by atoms with van der Waals surface area (Å²) in [5.41, 5.74) is 0. The molecule has 0 radical (unpaired) electrons. The second-order valence-corrected chi connectivity index (χ2v) is 1.08. The van der Waals surface area contributed by atoms with Crippen LogP contribution in [0.15, 0.2) is 30.3 Å². The Labute approximate surface area is 71.2 Å². The van der Waals surface area contributed by atoms with E-state index in [0.29, 0.717) is 0 Å². The molecule has 0 aliphatic rings. The van der Waals surface area contributed by atoms with Crippen molar-refractivity contribution >= 4 is 29.8 Å². The normalized spacial score (nSPS) is 5.78. The minimum atomic E-state index is 0. The van der Waals surface area contributed by atoms with Crippen molar-refractivity contribution in [1.29, 1.82) is 0 Å². The van der Waals surface area contributed by atoms with Gasteiger partial charge in [-0.3, -0.25) is 6.79 Å². The van der Waals surface area contributed by atoms with Crippen molar-refractivity contribution in [2.45, 2.75) is 0 Å². The number of carbonyl (C=O) groups excluding carboxylic acids is 1. The van der Waals surface area contributed by atoms with Gasteiger partial charge in [0.25, 0.3) is 0 Å². The Balaban J connectivity index is 0. The SMILES string of the molecule is [CH-]=O.[Mg+2].[c-]1ccccc1. The molecule has 0 N–H and O–H groups in total. The first-order valence-electron chi connectivity index (χ1n) is 2.15. The van der Waals surface area contributed by atoms with E-state index in [0.717, 1.165) is 0 Å². The Kier molecular flexibility index (Phi) is 13.5. The van der Waals surface area contributed by atoms with E-state index < -0.39 is 0 Å². The van der Waals surface area contributed by atoms with Gasteiger partial charge >= 0.3 is 23.1 Å². The predicted molar refractivity (Wildman–Crippen MR) is 37.8 cm³/mol. The van der Waals surface area contributed by atoms with E-state index in [1.54, 1.807) is 0 Å². The topological polar surface area (TPSA) is 17.1 Å². The molecule has 0 unspecified atom stereocenters. The van der Waals surface area contributed by atoms with E-state index in [1.807, 2.05) is 30.3 Å². The van der Waals surface area contributed by atoms with Gasteiger partial charge in [0, 0.05) is 0 Å². The smallest absolute Gasteiger partial charge is 0.545 e. The van der Waals surface area contributed by atoms with E-state index in [1.165, 1.54) is 0 Å². The molecule has 0 saturated carbocycles. The standard InChI is InChI=1S/C6H5.CHO.Mg/c1-2-4-6-5-3-1;1-2;/h1-5H;1H;/q2*-1;+2. The van der Waals surface area contributed by atoms with Crippen LogP contribution < -0.4 is 0 Å². The quantitative estimate of drug-likeness (QED) is 0.289. The summed E-state index contributed by atoms with van der Waals surface area (Å²) in [6.07, 6.45) is 0. The van der Waals surface area contributed by atoms with Crippen molar-refractivity contribution in [3.63, 3.8) is 0 Å². The number of benzene rings is 1. The van der Waals surface area contributed by atoms with Crippen LogP contribution >= 0.6 is 0 Å². The van der Waals surface area contributed by atoms with Gasteiger partial charge < -0.3 is 4.79 Å². The Bertz CT molecular complexity index is 91.8. The van der Waals surface area contributed by atoms with Gasteiger partial charge in [0.05, 0.1) is 0 Å². The maximum atomic E-state index is 7.75. The molecule has 1 rings (SSSR count). The fourth-order valence-corrected chi connectivity index (χ4v) is 0.342. The van der Waals surface area contributed by atoms with Crippen LogP contribution in [0.1, 0.15) is 0 Å². The fourth-order valence-electron chi connectivity index (χ4n) is 0.342. The van der Waals surface area contributed by atoms with Crippen molar-refractivity contribution in [2.75, 3.05) is 0 Å². The minimum absolute atomic E-state index is 0. The van der Waals surface area contributed by atoms with Gasteiger partial charge in [-0.2, -0.15) is 36.4 Å². The van der Waals surface area contributed by atoms with E-state index in [2.05, 4.69) is 12.9 Å². The maximum absolute atomic E-state index is 7.75. The first-order valence-corrected chi connectivity index (χ1v) is 2.15. The van der Waals surface area contributed by atoms with Gasteiger partial charge in [0.1, 0.15) is 0 Å². The van der Waals surface area contributed by atoms with E-state index in [-0.39, 0.29) is 23.1 Å². The Hall–Kier alpha value is -0.344. The summed E-state index contributed by atoms with van der Waals surface area (Å²) in [5.74, 6) is 0. The largest absolute Gasteiger partial charge is 2.00 e. The predicted octanol–water partition coefficient (Wildman–Crippen LogP) is 0.832. The summed E-state index contributed by atoms with van der Waals surface area (Å²) >= 11 is 0. The molecule has 0 heterocycles. The zero-order chi connectivity index (χ0) is 6.24. The van der Waals surface area contributed by atoms with Crippen LogP contribution in [0.5, 0.6) is 0 Å². The summed E-state index contributed by atoms with van der Waals surface area (Å²) in [6.45, 7) is 3.25. The number of hydrogen-bond donors (Lipinski definition) is 0. The summed E-state index contributed by atoms with van der Waals surface area (Å²) < 4.78 is 0. The molecule has 42 valence electrons. The van der Waals surface area contributed by atoms with E-state index >= 15 is 0 Å². The first kappa shape index (κ1) is 11.5. The van der Waals surface area contributed by atoms with Crippen molar-refractivity contribution < 1.29 is 4.79 Å². The summed E-state index contributed by atoms with van der Waals surface area (Å²) in [6, 6.07) is 12.5. The second-order valence-electron chi connectivity index (χ2n) is 1.08. The van der Waals surface area contributed by atoms with Crippen LogP contribution in [0.2, 0.25) is 0 Å². The van der Waals surface area contributed by atoms with Crippen LogP contribution in [0.25, 0.3) is 0 Å². The van der Waals surface area contributed by atoms with Crippen LogP contribution in [0, 0.1) is 6.07 Å². The molecule has 9 heavy (non-hydrogen) atoms. The molecule has 1 aromatic carbocycles. The second kappa shape index (κ2) is 10.6. The van der Waals surface area contributed by atoms with Crippen molar-refractivity contribution in [1.82, 2.24) is 0 Å². The molecule has 0 bridgehead atoms. The first-order chi connectivity index (χ1) is 4.00. The van der Waals surface area contributed by atoms with Gasteiger partial charge in [-0.1, -0.05) is 0 Å². The van der Waals surface area contributed by atoms with Crippen LogP contribution in [0.4, 0.5) is 0 Å². The van der Waals surface area contributed by atoms with Gasteiger partial charge in [-0.05, 0) is 0 Å². The summed E-state index contributed by atoms with van der Waals surface area (Å²) in [7, 11) is 0. The molecule has 2 heteroatoms. The van der Waals surface area contributed by atoms with Gasteiger partial charge in [0.15, 0.2) is 0 Å². The van der Waals surface area contributed by atoms with Gasteiger partial charge in [-0.25, -0.2) is 0 Å². The van der Waals surface area contributed by atoms with Gasteiger partial charge in [-0.15, -0.1) is 0 Å². The molecule has 0 aliphatic heterocycles. The molecular weight excluding hydrogens is 124 g/mol. The van der Waals surface area contributed by atoms with Crippen LogP contribution in [-0.4, -0.2) is 29.8 Å². The third-order valence-corrected chi connectivity index (χ3v) is 0.607. The summed E-state index contributed by atoms with van der Waals surface area (Å²) in [4.78, 5) is 7.75. The van der Waals surface area contributed by atoms with Crippen molar-refractivity contribution in [3.8, 4) is 0 Å². The molecule has 1 nitrogen and oxygen atoms in total. The molecule has 0 amide bonds. The number of rotatable bonds is 0. The Morgan fingerprint density at radius 1 is 1.00 bits per heavy atom. The third kappa shape index (κ3) is 7.66. The zero-order valence-electron chi connectivity index (χ0n) is 5.08. The molecular formula is C7H6MgO. The molecule has 0 aliphatic carbocycles. The minimum Gasteiger partial charge on any atom is -0.545 e. The monoisotopic (exact) mass is 130 g/mol. The van der Waals surface area contributed by atoms with E-state index in [4.69, 9.17) is 4.79 Å². The van der Waals surface area contributed by atoms with Crippen LogP contribution in [-0.2, 0) is 4.79 Å². The molecule has 0 saturated heterocycles. The maximum Gasteiger partial charge on any atom is 2.00 e. The van der Waals surface area contributed by atoms with Gasteiger partial charge in [0.2, 0.25) is 0 Å². The molecule has 1 aromatic rings. The fraction of sp³-hybridized carbons (Fsp3) is 0. The average Bonchev–Trinajstić information content (AvgIpc) is 1.96. The Morgan fingerprint density at radius 3 is 1.56 bits per heavy atom. The average molecular weight is 130 g/mol. The summed E-state index contributed by atoms with van der Waals surface area (Å²) in [5, 5.41) is 0. The van der Waals surface area contributed by atoms with Crippen molar-refractivity contribution in [2.24, 2.45) is 0 Å². The van der Waals surface area contributed by atoms with E-state index in [9.17, 15) is 0 Å². The van der Waals surface area contributed by atoms with Crippen LogP contribution in [0.3, 0.4) is 0 Å². The zero-order valence-corrected chi connectivity index (χ0v) is 6.49. The molecule has 0 atom stereocenters. The molecule has 0 aromatic heterocycles. The third-order valence-electron chi connectivity index (χ3n) is 0.607. The Morgan fingerprint density at radius 2 is 1.44 bits per heavy atom.